The molecule has 0 heterocycles. The summed E-state index contributed by atoms with van der Waals surface area (Å²) < 4.78 is 0. The van der Waals surface area contributed by atoms with Gasteiger partial charge in [-0.2, -0.15) is 12.6 Å². The Morgan fingerprint density at radius 1 is 1.43 bits per heavy atom. The predicted molar refractivity (Wildman–Crippen MR) is 63.9 cm³/mol. The standard InChI is InChI=1S/C11H23NOS/c1-10(2,8-13)12(3)7-11(9-14)5-4-6-11/h13-14H,4-9H2,1-3H3. The van der Waals surface area contributed by atoms with Gasteiger partial charge in [-0.15, -0.1) is 0 Å². The van der Waals surface area contributed by atoms with Crippen molar-refractivity contribution in [1.29, 1.82) is 0 Å². The van der Waals surface area contributed by atoms with Gasteiger partial charge in [0.15, 0.2) is 0 Å². The van der Waals surface area contributed by atoms with E-state index in [1.165, 1.54) is 19.3 Å². The van der Waals surface area contributed by atoms with E-state index < -0.39 is 0 Å². The Morgan fingerprint density at radius 2 is 2.00 bits per heavy atom. The third-order valence-corrected chi connectivity index (χ3v) is 4.41. The first-order valence-electron chi connectivity index (χ1n) is 5.39. The number of rotatable bonds is 5. The van der Waals surface area contributed by atoms with E-state index in [4.69, 9.17) is 0 Å². The maximum atomic E-state index is 9.26. The maximum absolute atomic E-state index is 9.26. The Balaban J connectivity index is 2.50. The van der Waals surface area contributed by atoms with Gasteiger partial charge in [0.05, 0.1) is 6.61 Å². The molecule has 1 aliphatic carbocycles. The second-order valence-electron chi connectivity index (χ2n) is 5.34. The van der Waals surface area contributed by atoms with Crippen molar-refractivity contribution < 1.29 is 5.11 Å². The molecule has 0 amide bonds. The van der Waals surface area contributed by atoms with Crippen molar-refractivity contribution in [2.45, 2.75) is 38.6 Å². The number of likely N-dealkylation sites (N-methyl/N-ethyl adjacent to an activating group) is 1. The van der Waals surface area contributed by atoms with Gasteiger partial charge in [0.25, 0.3) is 0 Å². The molecule has 0 bridgehead atoms. The summed E-state index contributed by atoms with van der Waals surface area (Å²) in [7, 11) is 2.10. The Kier molecular flexibility index (Phi) is 3.89. The average molecular weight is 217 g/mol. The monoisotopic (exact) mass is 217 g/mol. The molecule has 1 N–H and O–H groups in total. The lowest BCUT2D eigenvalue weighted by Gasteiger charge is -2.47. The lowest BCUT2D eigenvalue weighted by atomic mass is 9.69. The van der Waals surface area contributed by atoms with E-state index in [0.29, 0.717) is 5.41 Å². The minimum Gasteiger partial charge on any atom is -0.394 e. The molecule has 0 radical (unpaired) electrons. The van der Waals surface area contributed by atoms with Crippen LogP contribution in [-0.2, 0) is 0 Å². The molecular formula is C11H23NOS. The van der Waals surface area contributed by atoms with Crippen molar-refractivity contribution in [2.75, 3.05) is 26.0 Å². The molecule has 0 atom stereocenters. The number of nitrogens with zero attached hydrogens (tertiary/aromatic N) is 1. The van der Waals surface area contributed by atoms with Crippen molar-refractivity contribution in [3.63, 3.8) is 0 Å². The molecule has 3 heteroatoms. The topological polar surface area (TPSA) is 23.5 Å². The van der Waals surface area contributed by atoms with Crippen LogP contribution in [0.15, 0.2) is 0 Å². The van der Waals surface area contributed by atoms with Crippen LogP contribution in [-0.4, -0.2) is 41.5 Å². The van der Waals surface area contributed by atoms with Gasteiger partial charge in [-0.25, -0.2) is 0 Å². The molecule has 84 valence electrons. The summed E-state index contributed by atoms with van der Waals surface area (Å²) in [6.07, 6.45) is 3.93. The van der Waals surface area contributed by atoms with Gasteiger partial charge in [-0.05, 0) is 44.9 Å². The summed E-state index contributed by atoms with van der Waals surface area (Å²) in [4.78, 5) is 2.27. The third kappa shape index (κ3) is 2.44. The second-order valence-corrected chi connectivity index (χ2v) is 5.65. The Morgan fingerprint density at radius 3 is 2.29 bits per heavy atom. The van der Waals surface area contributed by atoms with Crippen molar-refractivity contribution in [2.24, 2.45) is 5.41 Å². The molecule has 14 heavy (non-hydrogen) atoms. The fourth-order valence-corrected chi connectivity index (χ4v) is 2.30. The highest BCUT2D eigenvalue weighted by Crippen LogP contribution is 2.43. The van der Waals surface area contributed by atoms with Gasteiger partial charge in [0, 0.05) is 12.1 Å². The smallest absolute Gasteiger partial charge is 0.0609 e. The zero-order valence-corrected chi connectivity index (χ0v) is 10.5. The van der Waals surface area contributed by atoms with Gasteiger partial charge in [-0.1, -0.05) is 6.42 Å². The molecule has 0 aromatic rings. The molecule has 0 unspecified atom stereocenters. The highest BCUT2D eigenvalue weighted by molar-refractivity contribution is 7.80. The lowest BCUT2D eigenvalue weighted by molar-refractivity contribution is 0.0195. The van der Waals surface area contributed by atoms with Crippen LogP contribution in [0.1, 0.15) is 33.1 Å². The zero-order valence-electron chi connectivity index (χ0n) is 9.58. The summed E-state index contributed by atoms with van der Waals surface area (Å²) in [6, 6.07) is 0. The molecule has 0 spiro atoms. The number of thiol groups is 1. The fourth-order valence-electron chi connectivity index (χ4n) is 1.88. The summed E-state index contributed by atoms with van der Waals surface area (Å²) >= 11 is 4.44. The Labute approximate surface area is 93.1 Å². The van der Waals surface area contributed by atoms with Crippen LogP contribution in [0.5, 0.6) is 0 Å². The highest BCUT2D eigenvalue weighted by Gasteiger charge is 2.38. The van der Waals surface area contributed by atoms with Gasteiger partial charge < -0.3 is 5.11 Å². The molecule has 1 rings (SSSR count). The van der Waals surface area contributed by atoms with Crippen LogP contribution in [0.2, 0.25) is 0 Å². The quantitative estimate of drug-likeness (QED) is 0.686. The van der Waals surface area contributed by atoms with Crippen LogP contribution < -0.4 is 0 Å². The van der Waals surface area contributed by atoms with Gasteiger partial charge in [-0.3, -0.25) is 4.90 Å². The van der Waals surface area contributed by atoms with E-state index in [1.54, 1.807) is 0 Å². The summed E-state index contributed by atoms with van der Waals surface area (Å²) in [5.41, 5.74) is 0.315. The fraction of sp³-hybridized carbons (Fsp3) is 1.00. The minimum absolute atomic E-state index is 0.106. The van der Waals surface area contributed by atoms with E-state index in [1.807, 2.05) is 0 Å². The number of hydrogen-bond acceptors (Lipinski definition) is 3. The van der Waals surface area contributed by atoms with E-state index in [0.717, 1.165) is 12.3 Å². The summed E-state index contributed by atoms with van der Waals surface area (Å²) in [5, 5.41) is 9.26. The van der Waals surface area contributed by atoms with Crippen LogP contribution in [0, 0.1) is 5.41 Å². The molecular weight excluding hydrogens is 194 g/mol. The first-order valence-corrected chi connectivity index (χ1v) is 6.02. The van der Waals surface area contributed by atoms with Crippen molar-refractivity contribution in [1.82, 2.24) is 4.90 Å². The van der Waals surface area contributed by atoms with Crippen LogP contribution in [0.3, 0.4) is 0 Å². The van der Waals surface area contributed by atoms with Crippen LogP contribution in [0.25, 0.3) is 0 Å². The maximum Gasteiger partial charge on any atom is 0.0609 e. The van der Waals surface area contributed by atoms with Crippen molar-refractivity contribution >= 4 is 12.6 Å². The van der Waals surface area contributed by atoms with Crippen molar-refractivity contribution in [3.8, 4) is 0 Å². The van der Waals surface area contributed by atoms with Crippen LogP contribution >= 0.6 is 12.6 Å². The van der Waals surface area contributed by atoms with E-state index >= 15 is 0 Å². The molecule has 0 aliphatic heterocycles. The van der Waals surface area contributed by atoms with Crippen molar-refractivity contribution in [3.05, 3.63) is 0 Å². The van der Waals surface area contributed by atoms with Gasteiger partial charge >= 0.3 is 0 Å². The third-order valence-electron chi connectivity index (χ3n) is 3.74. The normalized spacial score (nSPS) is 21.0. The summed E-state index contributed by atoms with van der Waals surface area (Å²) in [6.45, 7) is 5.44. The number of aliphatic hydroxyl groups is 1. The van der Waals surface area contributed by atoms with E-state index in [9.17, 15) is 5.11 Å². The molecule has 1 fully saturated rings. The zero-order chi connectivity index (χ0) is 10.8. The number of hydrogen-bond donors (Lipinski definition) is 2. The van der Waals surface area contributed by atoms with E-state index in [-0.39, 0.29) is 12.1 Å². The molecule has 1 saturated carbocycles. The van der Waals surface area contributed by atoms with Gasteiger partial charge in [0.1, 0.15) is 0 Å². The average Bonchev–Trinajstić information content (AvgIpc) is 2.10. The van der Waals surface area contributed by atoms with E-state index in [2.05, 4.69) is 38.4 Å². The Hall–Kier alpha value is 0.270. The second kappa shape index (κ2) is 4.42. The van der Waals surface area contributed by atoms with Gasteiger partial charge in [0.2, 0.25) is 0 Å². The molecule has 1 aliphatic rings. The molecule has 0 aromatic carbocycles. The van der Waals surface area contributed by atoms with Crippen LogP contribution in [0.4, 0.5) is 0 Å². The Bertz CT molecular complexity index is 184. The molecule has 0 aromatic heterocycles. The predicted octanol–water partition coefficient (Wildman–Crippen LogP) is 1.79. The highest BCUT2D eigenvalue weighted by atomic mass is 32.1. The minimum atomic E-state index is -0.106. The largest absolute Gasteiger partial charge is 0.394 e. The molecule has 0 saturated heterocycles. The SMILES string of the molecule is CN(CC1(CS)CCC1)C(C)(C)CO. The molecule has 2 nitrogen and oxygen atoms in total. The lowest BCUT2D eigenvalue weighted by Crippen LogP contribution is -2.51. The summed E-state index contributed by atoms with van der Waals surface area (Å²) in [5.74, 6) is 0.971. The first kappa shape index (κ1) is 12.3. The first-order chi connectivity index (χ1) is 6.46. The number of aliphatic hydroxyl groups excluding tert-OH is 1.